The number of hydrogen-bond donors (Lipinski definition) is 1. The molecule has 0 saturated heterocycles. The molecule has 1 N–H and O–H groups in total. The number of aliphatic hydroxyl groups excluding tert-OH is 1. The summed E-state index contributed by atoms with van der Waals surface area (Å²) in [7, 11) is 1.53. The molecule has 0 heterocycles. The van der Waals surface area contributed by atoms with Gasteiger partial charge in [0.2, 0.25) is 0 Å². The molecule has 0 aliphatic carbocycles. The Morgan fingerprint density at radius 3 is 2.53 bits per heavy atom. The van der Waals surface area contributed by atoms with E-state index in [0.717, 1.165) is 12.1 Å². The number of hydrogen-bond acceptors (Lipinski definition) is 2. The van der Waals surface area contributed by atoms with Crippen molar-refractivity contribution in [3.8, 4) is 0 Å². The van der Waals surface area contributed by atoms with Gasteiger partial charge in [-0.25, -0.2) is 8.78 Å². The molecule has 1 rings (SSSR count). The SMILES string of the molecule is COC(C)CC(O)c1ccc(F)c(F)c1. The van der Waals surface area contributed by atoms with Crippen LogP contribution in [0.3, 0.4) is 0 Å². The summed E-state index contributed by atoms with van der Waals surface area (Å²) >= 11 is 0. The van der Waals surface area contributed by atoms with E-state index in [2.05, 4.69) is 0 Å². The Morgan fingerprint density at radius 2 is 2.00 bits per heavy atom. The number of aliphatic hydroxyl groups is 1. The van der Waals surface area contributed by atoms with E-state index >= 15 is 0 Å². The average molecular weight is 216 g/mol. The number of benzene rings is 1. The molecule has 0 spiro atoms. The molecule has 0 aliphatic rings. The summed E-state index contributed by atoms with van der Waals surface area (Å²) in [5.41, 5.74) is 0.359. The van der Waals surface area contributed by atoms with Crippen molar-refractivity contribution in [1.29, 1.82) is 0 Å². The van der Waals surface area contributed by atoms with E-state index in [9.17, 15) is 13.9 Å². The fraction of sp³-hybridized carbons (Fsp3) is 0.455. The zero-order valence-corrected chi connectivity index (χ0v) is 8.71. The maximum Gasteiger partial charge on any atom is 0.159 e. The molecule has 4 heteroatoms. The van der Waals surface area contributed by atoms with E-state index in [4.69, 9.17) is 4.74 Å². The summed E-state index contributed by atoms with van der Waals surface area (Å²) in [6, 6.07) is 3.37. The molecule has 84 valence electrons. The van der Waals surface area contributed by atoms with Gasteiger partial charge in [0.25, 0.3) is 0 Å². The second kappa shape index (κ2) is 5.19. The van der Waals surface area contributed by atoms with Gasteiger partial charge in [-0.3, -0.25) is 0 Å². The number of methoxy groups -OCH3 is 1. The Kier molecular flexibility index (Phi) is 4.17. The van der Waals surface area contributed by atoms with E-state index in [0.29, 0.717) is 12.0 Å². The summed E-state index contributed by atoms with van der Waals surface area (Å²) in [4.78, 5) is 0. The maximum absolute atomic E-state index is 12.8. The lowest BCUT2D eigenvalue weighted by molar-refractivity contribution is 0.0558. The van der Waals surface area contributed by atoms with Gasteiger partial charge >= 0.3 is 0 Å². The van der Waals surface area contributed by atoms with Crippen molar-refractivity contribution >= 4 is 0 Å². The van der Waals surface area contributed by atoms with Crippen LogP contribution in [0.5, 0.6) is 0 Å². The zero-order chi connectivity index (χ0) is 11.4. The van der Waals surface area contributed by atoms with Crippen LogP contribution in [0, 0.1) is 11.6 Å². The molecule has 2 nitrogen and oxygen atoms in total. The van der Waals surface area contributed by atoms with E-state index in [1.807, 2.05) is 0 Å². The van der Waals surface area contributed by atoms with Crippen LogP contribution in [0.15, 0.2) is 18.2 Å². The van der Waals surface area contributed by atoms with Crippen LogP contribution >= 0.6 is 0 Å². The number of rotatable bonds is 4. The van der Waals surface area contributed by atoms with Crippen LogP contribution in [0.2, 0.25) is 0 Å². The molecule has 15 heavy (non-hydrogen) atoms. The second-order valence-electron chi connectivity index (χ2n) is 3.47. The van der Waals surface area contributed by atoms with Crippen LogP contribution in [0.1, 0.15) is 25.0 Å². The molecule has 1 aromatic carbocycles. The van der Waals surface area contributed by atoms with Gasteiger partial charge in [-0.1, -0.05) is 6.07 Å². The minimum Gasteiger partial charge on any atom is -0.388 e. The third kappa shape index (κ3) is 3.25. The van der Waals surface area contributed by atoms with E-state index < -0.39 is 17.7 Å². The second-order valence-corrected chi connectivity index (χ2v) is 3.47. The Morgan fingerprint density at radius 1 is 1.33 bits per heavy atom. The van der Waals surface area contributed by atoms with Crippen molar-refractivity contribution in [2.45, 2.75) is 25.6 Å². The quantitative estimate of drug-likeness (QED) is 0.837. The molecule has 0 radical (unpaired) electrons. The highest BCUT2D eigenvalue weighted by Gasteiger charge is 2.13. The highest BCUT2D eigenvalue weighted by molar-refractivity contribution is 5.20. The fourth-order valence-electron chi connectivity index (χ4n) is 1.27. The predicted octanol–water partition coefficient (Wildman–Crippen LogP) is 2.42. The lowest BCUT2D eigenvalue weighted by atomic mass is 10.0. The third-order valence-corrected chi connectivity index (χ3v) is 2.29. The Hall–Kier alpha value is -1.00. The van der Waals surface area contributed by atoms with Gasteiger partial charge < -0.3 is 9.84 Å². The molecule has 0 saturated carbocycles. The van der Waals surface area contributed by atoms with Crippen LogP contribution < -0.4 is 0 Å². The molecule has 0 fully saturated rings. The highest BCUT2D eigenvalue weighted by Crippen LogP contribution is 2.21. The zero-order valence-electron chi connectivity index (χ0n) is 8.71. The first-order chi connectivity index (χ1) is 7.04. The smallest absolute Gasteiger partial charge is 0.159 e. The Bertz CT molecular complexity index is 328. The molecule has 0 aliphatic heterocycles. The summed E-state index contributed by atoms with van der Waals surface area (Å²) in [5, 5.41) is 9.67. The van der Waals surface area contributed by atoms with Gasteiger partial charge in [0, 0.05) is 13.5 Å². The Balaban J connectivity index is 2.73. The van der Waals surface area contributed by atoms with E-state index in [1.165, 1.54) is 13.2 Å². The van der Waals surface area contributed by atoms with Crippen molar-refractivity contribution < 1.29 is 18.6 Å². The van der Waals surface area contributed by atoms with Crippen LogP contribution in [-0.4, -0.2) is 18.3 Å². The van der Waals surface area contributed by atoms with Crippen molar-refractivity contribution in [3.05, 3.63) is 35.4 Å². The van der Waals surface area contributed by atoms with E-state index in [1.54, 1.807) is 6.92 Å². The number of halogens is 2. The van der Waals surface area contributed by atoms with Crippen molar-refractivity contribution in [2.24, 2.45) is 0 Å². The standard InChI is InChI=1S/C11H14F2O2/c1-7(15-2)5-11(14)8-3-4-9(12)10(13)6-8/h3-4,6-7,11,14H,5H2,1-2H3. The first-order valence-electron chi connectivity index (χ1n) is 4.70. The average Bonchev–Trinajstić information content (AvgIpc) is 2.21. The molecule has 0 aromatic heterocycles. The molecule has 2 unspecified atom stereocenters. The number of ether oxygens (including phenoxy) is 1. The lowest BCUT2D eigenvalue weighted by Gasteiger charge is -2.15. The summed E-state index contributed by atoms with van der Waals surface area (Å²) < 4.78 is 30.4. The van der Waals surface area contributed by atoms with Gasteiger partial charge in [0.15, 0.2) is 11.6 Å². The van der Waals surface area contributed by atoms with Crippen molar-refractivity contribution in [1.82, 2.24) is 0 Å². The fourth-order valence-corrected chi connectivity index (χ4v) is 1.27. The van der Waals surface area contributed by atoms with Crippen molar-refractivity contribution in [3.63, 3.8) is 0 Å². The minimum absolute atomic E-state index is 0.131. The molecule has 2 atom stereocenters. The van der Waals surface area contributed by atoms with Gasteiger partial charge in [0.1, 0.15) is 0 Å². The summed E-state index contributed by atoms with van der Waals surface area (Å²) in [6.45, 7) is 1.79. The molecular formula is C11H14F2O2. The summed E-state index contributed by atoms with van der Waals surface area (Å²) in [6.07, 6.45) is -0.621. The van der Waals surface area contributed by atoms with Crippen molar-refractivity contribution in [2.75, 3.05) is 7.11 Å². The minimum atomic E-state index is -0.948. The van der Waals surface area contributed by atoms with Crippen LogP contribution in [-0.2, 0) is 4.74 Å². The summed E-state index contributed by atoms with van der Waals surface area (Å²) in [5.74, 6) is -1.86. The topological polar surface area (TPSA) is 29.5 Å². The normalized spacial score (nSPS) is 15.0. The third-order valence-electron chi connectivity index (χ3n) is 2.29. The van der Waals surface area contributed by atoms with Crippen LogP contribution in [0.25, 0.3) is 0 Å². The van der Waals surface area contributed by atoms with Gasteiger partial charge in [-0.2, -0.15) is 0 Å². The van der Waals surface area contributed by atoms with Gasteiger partial charge in [-0.15, -0.1) is 0 Å². The molecule has 0 amide bonds. The first kappa shape index (κ1) is 12.1. The molecular weight excluding hydrogens is 202 g/mol. The Labute approximate surface area is 87.5 Å². The van der Waals surface area contributed by atoms with Gasteiger partial charge in [0.05, 0.1) is 12.2 Å². The molecule has 0 bridgehead atoms. The largest absolute Gasteiger partial charge is 0.388 e. The van der Waals surface area contributed by atoms with E-state index in [-0.39, 0.29) is 6.10 Å². The lowest BCUT2D eigenvalue weighted by Crippen LogP contribution is -2.11. The highest BCUT2D eigenvalue weighted by atomic mass is 19.2. The van der Waals surface area contributed by atoms with Crippen LogP contribution in [0.4, 0.5) is 8.78 Å². The maximum atomic E-state index is 12.8. The molecule has 1 aromatic rings. The first-order valence-corrected chi connectivity index (χ1v) is 4.70. The predicted molar refractivity (Wildman–Crippen MR) is 52.4 cm³/mol. The van der Waals surface area contributed by atoms with Gasteiger partial charge in [-0.05, 0) is 24.6 Å². The monoisotopic (exact) mass is 216 g/mol.